The minimum Gasteiger partial charge on any atom is -0.393 e. The van der Waals surface area contributed by atoms with Gasteiger partial charge in [0, 0.05) is 19.2 Å². The average Bonchev–Trinajstić information content (AvgIpc) is 2.42. The van der Waals surface area contributed by atoms with Gasteiger partial charge < -0.3 is 10.2 Å². The van der Waals surface area contributed by atoms with Crippen LogP contribution in [0.25, 0.3) is 0 Å². The highest BCUT2D eigenvalue weighted by molar-refractivity contribution is 7.89. The van der Waals surface area contributed by atoms with Crippen molar-refractivity contribution in [3.63, 3.8) is 0 Å². The van der Waals surface area contributed by atoms with E-state index in [4.69, 9.17) is 5.11 Å². The van der Waals surface area contributed by atoms with Gasteiger partial charge >= 0.3 is 0 Å². The quantitative estimate of drug-likeness (QED) is 0.772. The van der Waals surface area contributed by atoms with Crippen molar-refractivity contribution in [3.05, 3.63) is 29.8 Å². The summed E-state index contributed by atoms with van der Waals surface area (Å²) in [5.74, 6) is 5.15. The molecule has 0 saturated carbocycles. The van der Waals surface area contributed by atoms with Crippen LogP contribution in [0.2, 0.25) is 0 Å². The van der Waals surface area contributed by atoms with Crippen molar-refractivity contribution in [1.29, 1.82) is 0 Å². The number of rotatable bonds is 5. The number of benzene rings is 1. The van der Waals surface area contributed by atoms with Crippen LogP contribution in [-0.4, -0.2) is 49.2 Å². The molecule has 0 fully saturated rings. The van der Waals surface area contributed by atoms with Crippen LogP contribution in [0, 0.1) is 11.8 Å². The predicted molar refractivity (Wildman–Crippen MR) is 76.5 cm³/mol. The lowest BCUT2D eigenvalue weighted by molar-refractivity contribution is 0.177. The fourth-order valence-corrected chi connectivity index (χ4v) is 2.78. The fraction of sp³-hybridized carbons (Fsp3) is 0.429. The zero-order valence-electron chi connectivity index (χ0n) is 11.6. The van der Waals surface area contributed by atoms with Crippen LogP contribution >= 0.6 is 0 Å². The van der Waals surface area contributed by atoms with Gasteiger partial charge in [0.1, 0.15) is 6.61 Å². The Hall–Kier alpha value is -1.39. The van der Waals surface area contributed by atoms with E-state index in [0.29, 0.717) is 12.0 Å². The summed E-state index contributed by atoms with van der Waals surface area (Å²) in [6.07, 6.45) is -0.172. The molecule has 1 rings (SSSR count). The van der Waals surface area contributed by atoms with Crippen molar-refractivity contribution in [1.82, 2.24) is 4.31 Å². The second kappa shape index (κ2) is 7.41. The Balaban J connectivity index is 2.97. The molecule has 0 aliphatic heterocycles. The van der Waals surface area contributed by atoms with Crippen molar-refractivity contribution in [2.24, 2.45) is 0 Å². The third-order valence-electron chi connectivity index (χ3n) is 2.72. The van der Waals surface area contributed by atoms with Gasteiger partial charge in [-0.2, -0.15) is 0 Å². The van der Waals surface area contributed by atoms with E-state index in [-0.39, 0.29) is 18.0 Å². The molecule has 0 saturated heterocycles. The first-order valence-corrected chi connectivity index (χ1v) is 7.66. The maximum atomic E-state index is 12.3. The Morgan fingerprint density at radius 2 is 2.10 bits per heavy atom. The van der Waals surface area contributed by atoms with Gasteiger partial charge in [-0.15, -0.1) is 0 Å². The van der Waals surface area contributed by atoms with Crippen molar-refractivity contribution < 1.29 is 18.6 Å². The normalized spacial score (nSPS) is 12.8. The highest BCUT2D eigenvalue weighted by atomic mass is 32.2. The first kappa shape index (κ1) is 16.7. The molecule has 5 nitrogen and oxygen atoms in total. The smallest absolute Gasteiger partial charge is 0.242 e. The number of hydrogen-bond donors (Lipinski definition) is 2. The lowest BCUT2D eigenvalue weighted by atomic mass is 10.2. The van der Waals surface area contributed by atoms with Crippen molar-refractivity contribution in [2.45, 2.75) is 24.3 Å². The standard InChI is InChI=1S/C14H19NO4S/c1-12(17)8-9-15(2)20(18,19)14-7-3-5-13(11-14)6-4-10-16/h3,5,7,11-12,16-17H,8-10H2,1-2H3. The molecule has 0 aliphatic rings. The van der Waals surface area contributed by atoms with Crippen LogP contribution in [0.5, 0.6) is 0 Å². The van der Waals surface area contributed by atoms with Crippen LogP contribution < -0.4 is 0 Å². The van der Waals surface area contributed by atoms with Crippen LogP contribution in [0.1, 0.15) is 18.9 Å². The van der Waals surface area contributed by atoms with Gasteiger partial charge in [0.05, 0.1) is 11.0 Å². The summed E-state index contributed by atoms with van der Waals surface area (Å²) < 4.78 is 25.8. The van der Waals surface area contributed by atoms with Gasteiger partial charge in [-0.3, -0.25) is 0 Å². The maximum absolute atomic E-state index is 12.3. The first-order chi connectivity index (χ1) is 9.37. The molecule has 0 spiro atoms. The molecule has 0 heterocycles. The van der Waals surface area contributed by atoms with E-state index in [1.807, 2.05) is 0 Å². The van der Waals surface area contributed by atoms with Crippen LogP contribution in [0.4, 0.5) is 0 Å². The van der Waals surface area contributed by atoms with E-state index in [1.165, 1.54) is 23.5 Å². The molecular formula is C14H19NO4S. The van der Waals surface area contributed by atoms with Crippen molar-refractivity contribution in [2.75, 3.05) is 20.2 Å². The van der Waals surface area contributed by atoms with E-state index in [9.17, 15) is 13.5 Å². The lowest BCUT2D eigenvalue weighted by Crippen LogP contribution is -2.29. The number of sulfonamides is 1. The van der Waals surface area contributed by atoms with Gasteiger partial charge in [0.2, 0.25) is 10.0 Å². The summed E-state index contributed by atoms with van der Waals surface area (Å²) in [6, 6.07) is 6.25. The molecule has 1 unspecified atom stereocenters. The number of hydrogen-bond acceptors (Lipinski definition) is 4. The summed E-state index contributed by atoms with van der Waals surface area (Å²) in [7, 11) is -2.11. The largest absolute Gasteiger partial charge is 0.393 e. The van der Waals surface area contributed by atoms with Gasteiger partial charge in [-0.25, -0.2) is 12.7 Å². The Morgan fingerprint density at radius 1 is 1.40 bits per heavy atom. The minimum atomic E-state index is -3.59. The highest BCUT2D eigenvalue weighted by Crippen LogP contribution is 2.16. The zero-order valence-corrected chi connectivity index (χ0v) is 12.4. The molecule has 2 N–H and O–H groups in total. The topological polar surface area (TPSA) is 77.8 Å². The zero-order chi connectivity index (χ0) is 15.2. The molecule has 1 atom stereocenters. The fourth-order valence-electron chi connectivity index (χ4n) is 1.54. The molecular weight excluding hydrogens is 278 g/mol. The molecule has 1 aromatic carbocycles. The molecule has 0 amide bonds. The second-order valence-corrected chi connectivity index (χ2v) is 6.50. The lowest BCUT2D eigenvalue weighted by Gasteiger charge is -2.18. The Kier molecular flexibility index (Phi) is 6.17. The summed E-state index contributed by atoms with van der Waals surface area (Å²) >= 11 is 0. The molecule has 6 heteroatoms. The van der Waals surface area contributed by atoms with E-state index in [1.54, 1.807) is 19.1 Å². The van der Waals surface area contributed by atoms with Crippen LogP contribution in [-0.2, 0) is 10.0 Å². The number of aliphatic hydroxyl groups excluding tert-OH is 2. The van der Waals surface area contributed by atoms with Gasteiger partial charge in [0.25, 0.3) is 0 Å². The predicted octanol–water partition coefficient (Wildman–Crippen LogP) is 0.422. The summed E-state index contributed by atoms with van der Waals surface area (Å²) in [6.45, 7) is 1.59. The molecule has 0 radical (unpaired) electrons. The molecule has 1 aromatic rings. The van der Waals surface area contributed by atoms with Crippen molar-refractivity contribution in [3.8, 4) is 11.8 Å². The third-order valence-corrected chi connectivity index (χ3v) is 4.57. The van der Waals surface area contributed by atoms with Gasteiger partial charge in [-0.1, -0.05) is 17.9 Å². The van der Waals surface area contributed by atoms with Gasteiger partial charge in [0.15, 0.2) is 0 Å². The van der Waals surface area contributed by atoms with E-state index in [0.717, 1.165) is 0 Å². The summed E-state index contributed by atoms with van der Waals surface area (Å²) in [5.41, 5.74) is 0.532. The first-order valence-electron chi connectivity index (χ1n) is 6.22. The van der Waals surface area contributed by atoms with Gasteiger partial charge in [-0.05, 0) is 31.5 Å². The van der Waals surface area contributed by atoms with E-state index < -0.39 is 16.1 Å². The maximum Gasteiger partial charge on any atom is 0.242 e. The molecule has 20 heavy (non-hydrogen) atoms. The third kappa shape index (κ3) is 4.62. The Morgan fingerprint density at radius 3 is 2.70 bits per heavy atom. The molecule has 0 aliphatic carbocycles. The highest BCUT2D eigenvalue weighted by Gasteiger charge is 2.20. The Labute approximate surface area is 119 Å². The molecule has 0 aromatic heterocycles. The summed E-state index contributed by atoms with van der Waals surface area (Å²) in [4.78, 5) is 0.148. The number of nitrogens with zero attached hydrogens (tertiary/aromatic N) is 1. The number of aliphatic hydroxyl groups is 2. The summed E-state index contributed by atoms with van der Waals surface area (Å²) in [5, 5.41) is 17.9. The second-order valence-electron chi connectivity index (χ2n) is 4.45. The molecule has 0 bridgehead atoms. The molecule has 110 valence electrons. The minimum absolute atomic E-state index is 0.148. The van der Waals surface area contributed by atoms with Crippen LogP contribution in [0.15, 0.2) is 29.2 Å². The van der Waals surface area contributed by atoms with E-state index >= 15 is 0 Å². The Bertz CT molecular complexity index is 599. The average molecular weight is 297 g/mol. The van der Waals surface area contributed by atoms with Crippen LogP contribution in [0.3, 0.4) is 0 Å². The van der Waals surface area contributed by atoms with Crippen molar-refractivity contribution >= 4 is 10.0 Å². The SMILES string of the molecule is CC(O)CCN(C)S(=O)(=O)c1cccc(C#CCO)c1. The monoisotopic (exact) mass is 297 g/mol. The van der Waals surface area contributed by atoms with E-state index in [2.05, 4.69) is 11.8 Å².